The number of hydrogen-bond acceptors (Lipinski definition) is 4. The van der Waals surface area contributed by atoms with E-state index in [1.807, 2.05) is 12.1 Å². The molecule has 1 unspecified atom stereocenters. The van der Waals surface area contributed by atoms with E-state index in [0.29, 0.717) is 11.3 Å². The Labute approximate surface area is 120 Å². The van der Waals surface area contributed by atoms with Crippen molar-refractivity contribution in [3.05, 3.63) is 23.8 Å². The topological polar surface area (TPSA) is 58.8 Å². The third-order valence-electron chi connectivity index (χ3n) is 3.74. The Balaban J connectivity index is 2.26. The van der Waals surface area contributed by atoms with Crippen molar-refractivity contribution in [2.45, 2.75) is 18.9 Å². The number of benzene rings is 1. The van der Waals surface area contributed by atoms with Gasteiger partial charge >= 0.3 is 0 Å². The molecule has 5 heteroatoms. The van der Waals surface area contributed by atoms with Gasteiger partial charge in [0.15, 0.2) is 0 Å². The predicted octanol–water partition coefficient (Wildman–Crippen LogP) is 1.59. The Kier molecular flexibility index (Phi) is 4.49. The monoisotopic (exact) mass is 277 g/mol. The van der Waals surface area contributed by atoms with Gasteiger partial charge < -0.3 is 20.3 Å². The van der Waals surface area contributed by atoms with E-state index >= 15 is 0 Å². The maximum Gasteiger partial charge on any atom is 0.253 e. The summed E-state index contributed by atoms with van der Waals surface area (Å²) < 4.78 is 5.44. The molecule has 1 aromatic carbocycles. The maximum atomic E-state index is 12.1. The minimum Gasteiger partial charge on any atom is -0.397 e. The molecule has 1 aromatic rings. The van der Waals surface area contributed by atoms with Crippen molar-refractivity contribution in [3.8, 4) is 0 Å². The van der Waals surface area contributed by atoms with Crippen LogP contribution in [0.5, 0.6) is 0 Å². The van der Waals surface area contributed by atoms with E-state index in [1.54, 1.807) is 32.2 Å². The molecule has 0 saturated carbocycles. The van der Waals surface area contributed by atoms with Crippen LogP contribution in [-0.2, 0) is 4.74 Å². The van der Waals surface area contributed by atoms with Crippen LogP contribution in [0.25, 0.3) is 0 Å². The van der Waals surface area contributed by atoms with Crippen LogP contribution in [0.15, 0.2) is 18.2 Å². The van der Waals surface area contributed by atoms with Crippen molar-refractivity contribution in [2.75, 3.05) is 44.9 Å². The quantitative estimate of drug-likeness (QED) is 0.852. The summed E-state index contributed by atoms with van der Waals surface area (Å²) >= 11 is 0. The summed E-state index contributed by atoms with van der Waals surface area (Å²) in [5.74, 6) is -0.00782. The summed E-state index contributed by atoms with van der Waals surface area (Å²) in [4.78, 5) is 15.8. The number of ether oxygens (including phenoxy) is 1. The molecule has 20 heavy (non-hydrogen) atoms. The second-order valence-corrected chi connectivity index (χ2v) is 5.42. The summed E-state index contributed by atoms with van der Waals surface area (Å²) in [6.07, 6.45) is 2.38. The standard InChI is InChI=1S/C15H23N3O2/c1-17(2)15(19)11-6-7-13(16)14(9-11)18-8-4-5-12(10-18)20-3/h6-7,9,12H,4-5,8,10,16H2,1-3H3. The highest BCUT2D eigenvalue weighted by Crippen LogP contribution is 2.28. The Hall–Kier alpha value is -1.75. The normalized spacial score (nSPS) is 18.9. The van der Waals surface area contributed by atoms with Gasteiger partial charge in [0.1, 0.15) is 0 Å². The van der Waals surface area contributed by atoms with E-state index in [0.717, 1.165) is 31.6 Å². The minimum absolute atomic E-state index is 0.00782. The number of nitrogens with zero attached hydrogens (tertiary/aromatic N) is 2. The van der Waals surface area contributed by atoms with Crippen LogP contribution in [0.4, 0.5) is 11.4 Å². The van der Waals surface area contributed by atoms with Gasteiger partial charge in [0.25, 0.3) is 5.91 Å². The van der Waals surface area contributed by atoms with Gasteiger partial charge in [-0.1, -0.05) is 0 Å². The largest absolute Gasteiger partial charge is 0.397 e. The summed E-state index contributed by atoms with van der Waals surface area (Å²) in [7, 11) is 5.24. The fraction of sp³-hybridized carbons (Fsp3) is 0.533. The summed E-state index contributed by atoms with van der Waals surface area (Å²) in [6, 6.07) is 5.47. The Morgan fingerprint density at radius 3 is 2.85 bits per heavy atom. The van der Waals surface area contributed by atoms with E-state index in [9.17, 15) is 4.79 Å². The van der Waals surface area contributed by atoms with Crippen molar-refractivity contribution in [2.24, 2.45) is 0 Å². The first kappa shape index (κ1) is 14.7. The minimum atomic E-state index is -0.00782. The van der Waals surface area contributed by atoms with Crippen molar-refractivity contribution in [3.63, 3.8) is 0 Å². The summed E-state index contributed by atoms with van der Waals surface area (Å²) in [5, 5.41) is 0. The highest BCUT2D eigenvalue weighted by atomic mass is 16.5. The smallest absolute Gasteiger partial charge is 0.253 e. The Morgan fingerprint density at radius 1 is 1.45 bits per heavy atom. The van der Waals surface area contributed by atoms with E-state index in [4.69, 9.17) is 10.5 Å². The zero-order valence-corrected chi connectivity index (χ0v) is 12.4. The molecular formula is C15H23N3O2. The molecule has 1 fully saturated rings. The molecule has 2 N–H and O–H groups in total. The molecule has 1 amide bonds. The maximum absolute atomic E-state index is 12.1. The highest BCUT2D eigenvalue weighted by Gasteiger charge is 2.22. The lowest BCUT2D eigenvalue weighted by atomic mass is 10.1. The summed E-state index contributed by atoms with van der Waals surface area (Å²) in [5.41, 5.74) is 8.38. The molecule has 110 valence electrons. The van der Waals surface area contributed by atoms with Crippen LogP contribution < -0.4 is 10.6 Å². The molecule has 1 aliphatic heterocycles. The summed E-state index contributed by atoms with van der Waals surface area (Å²) in [6.45, 7) is 1.77. The lowest BCUT2D eigenvalue weighted by Gasteiger charge is -2.34. The Morgan fingerprint density at radius 2 is 2.20 bits per heavy atom. The van der Waals surface area contributed by atoms with Gasteiger partial charge in [-0.3, -0.25) is 4.79 Å². The molecule has 0 radical (unpaired) electrons. The third-order valence-corrected chi connectivity index (χ3v) is 3.74. The molecule has 2 rings (SSSR count). The van der Waals surface area contributed by atoms with Gasteiger partial charge in [-0.05, 0) is 31.0 Å². The zero-order chi connectivity index (χ0) is 14.7. The molecule has 0 aromatic heterocycles. The molecule has 1 aliphatic rings. The fourth-order valence-electron chi connectivity index (χ4n) is 2.56. The van der Waals surface area contributed by atoms with Crippen LogP contribution in [0.1, 0.15) is 23.2 Å². The van der Waals surface area contributed by atoms with Gasteiger partial charge in [0, 0.05) is 39.9 Å². The zero-order valence-electron chi connectivity index (χ0n) is 12.4. The molecular weight excluding hydrogens is 254 g/mol. The SMILES string of the molecule is COC1CCCN(c2cc(C(=O)N(C)C)ccc2N)C1. The number of nitrogen functional groups attached to an aromatic ring is 1. The van der Waals surface area contributed by atoms with Crippen LogP contribution in [0, 0.1) is 0 Å². The van der Waals surface area contributed by atoms with Crippen molar-refractivity contribution < 1.29 is 9.53 Å². The number of nitrogens with two attached hydrogens (primary N) is 1. The van der Waals surface area contributed by atoms with Crippen LogP contribution >= 0.6 is 0 Å². The molecule has 5 nitrogen and oxygen atoms in total. The molecule has 0 aliphatic carbocycles. The van der Waals surface area contributed by atoms with Crippen molar-refractivity contribution in [1.82, 2.24) is 4.90 Å². The molecule has 0 spiro atoms. The second kappa shape index (κ2) is 6.13. The second-order valence-electron chi connectivity index (χ2n) is 5.42. The average molecular weight is 277 g/mol. The van der Waals surface area contributed by atoms with Crippen LogP contribution in [0.2, 0.25) is 0 Å². The lowest BCUT2D eigenvalue weighted by Crippen LogP contribution is -2.39. The van der Waals surface area contributed by atoms with E-state index in [2.05, 4.69) is 4.90 Å². The van der Waals surface area contributed by atoms with E-state index < -0.39 is 0 Å². The molecule has 1 atom stereocenters. The van der Waals surface area contributed by atoms with Crippen LogP contribution in [0.3, 0.4) is 0 Å². The van der Waals surface area contributed by atoms with E-state index in [1.165, 1.54) is 0 Å². The molecule has 0 bridgehead atoms. The van der Waals surface area contributed by atoms with Gasteiger partial charge in [0.2, 0.25) is 0 Å². The molecule has 1 heterocycles. The van der Waals surface area contributed by atoms with Crippen molar-refractivity contribution >= 4 is 17.3 Å². The van der Waals surface area contributed by atoms with Gasteiger partial charge in [0.05, 0.1) is 17.5 Å². The van der Waals surface area contributed by atoms with Gasteiger partial charge in [-0.15, -0.1) is 0 Å². The third kappa shape index (κ3) is 3.04. The fourth-order valence-corrected chi connectivity index (χ4v) is 2.56. The van der Waals surface area contributed by atoms with E-state index in [-0.39, 0.29) is 12.0 Å². The van der Waals surface area contributed by atoms with Crippen molar-refractivity contribution in [1.29, 1.82) is 0 Å². The van der Waals surface area contributed by atoms with Gasteiger partial charge in [-0.25, -0.2) is 0 Å². The number of rotatable bonds is 3. The first-order valence-corrected chi connectivity index (χ1v) is 6.92. The number of amides is 1. The average Bonchev–Trinajstić information content (AvgIpc) is 2.47. The lowest BCUT2D eigenvalue weighted by molar-refractivity contribution is 0.0827. The number of methoxy groups -OCH3 is 1. The predicted molar refractivity (Wildman–Crippen MR) is 81.1 cm³/mol. The Bertz CT molecular complexity index is 488. The first-order chi connectivity index (χ1) is 9.52. The van der Waals surface area contributed by atoms with Gasteiger partial charge in [-0.2, -0.15) is 0 Å². The number of hydrogen-bond donors (Lipinski definition) is 1. The number of anilines is 2. The highest BCUT2D eigenvalue weighted by molar-refractivity contribution is 5.96. The first-order valence-electron chi connectivity index (χ1n) is 6.92. The van der Waals surface area contributed by atoms with Crippen LogP contribution in [-0.4, -0.2) is 51.2 Å². The number of carbonyl (C=O) groups excluding carboxylic acids is 1. The molecule has 1 saturated heterocycles. The number of piperidine rings is 1. The number of carbonyl (C=O) groups is 1.